The minimum absolute atomic E-state index is 0.0150. The number of fused-ring (bicyclic) bond motifs is 4. The number of phenols is 1. The van der Waals surface area contributed by atoms with Crippen LogP contribution in [0.1, 0.15) is 48.3 Å². The number of hydrogen-bond donors (Lipinski definition) is 2. The molecule has 3 saturated heterocycles. The molecule has 4 fully saturated rings. The second-order valence-corrected chi connectivity index (χ2v) is 17.6. The lowest BCUT2D eigenvalue weighted by Gasteiger charge is -2.50. The van der Waals surface area contributed by atoms with E-state index in [2.05, 4.69) is 22.5 Å². The number of phenolic OH excluding ortho intramolecular Hbond substituents is 1. The number of aromatic hydroxyl groups is 1. The number of hydrazine groups is 1. The third-order valence-electron chi connectivity index (χ3n) is 13.4. The molecule has 0 radical (unpaired) electrons. The van der Waals surface area contributed by atoms with Crippen molar-refractivity contribution in [2.75, 3.05) is 32.7 Å². The lowest BCUT2D eigenvalue weighted by molar-refractivity contribution is -0.144. The van der Waals surface area contributed by atoms with Crippen molar-refractivity contribution in [1.82, 2.24) is 14.8 Å². The fourth-order valence-corrected chi connectivity index (χ4v) is 11.4. The molecular weight excluding hydrogens is 827 g/mol. The van der Waals surface area contributed by atoms with Crippen LogP contribution in [0.4, 0.5) is 5.69 Å². The van der Waals surface area contributed by atoms with Gasteiger partial charge in [0.05, 0.1) is 53.1 Å². The molecule has 2 N–H and O–H groups in total. The van der Waals surface area contributed by atoms with E-state index in [9.17, 15) is 14.7 Å². The minimum Gasteiger partial charge on any atom is -0.503 e. The van der Waals surface area contributed by atoms with Crippen molar-refractivity contribution in [3.63, 3.8) is 0 Å². The Labute approximate surface area is 362 Å². The highest BCUT2D eigenvalue weighted by molar-refractivity contribution is 6.36. The molecule has 3 aliphatic heterocycles. The Balaban J connectivity index is 1.14. The number of anilines is 1. The second-order valence-electron chi connectivity index (χ2n) is 16.3. The highest BCUT2D eigenvalue weighted by Gasteiger charge is 2.70. The maximum atomic E-state index is 15.6. The van der Waals surface area contributed by atoms with Crippen molar-refractivity contribution in [3.8, 4) is 17.2 Å². The number of carbonyl (C=O) groups is 4. The van der Waals surface area contributed by atoms with Crippen LogP contribution in [0.15, 0.2) is 96.6 Å². The molecule has 0 bridgehead atoms. The van der Waals surface area contributed by atoms with E-state index in [0.717, 1.165) is 30.2 Å². The average molecular weight is 870 g/mol. The van der Waals surface area contributed by atoms with Gasteiger partial charge in [-0.3, -0.25) is 34.4 Å². The number of methoxy groups -OCH3 is 2. The van der Waals surface area contributed by atoms with Crippen LogP contribution in [0.25, 0.3) is 0 Å². The highest BCUT2D eigenvalue weighted by Crippen LogP contribution is 2.65. The number of ether oxygens (including phenoxy) is 2. The molecule has 14 heteroatoms. The molecule has 310 valence electrons. The Bertz CT molecular complexity index is 2420. The third-order valence-corrected chi connectivity index (χ3v) is 14.2. The van der Waals surface area contributed by atoms with Gasteiger partial charge in [0.1, 0.15) is 5.75 Å². The summed E-state index contributed by atoms with van der Waals surface area (Å²) in [5.74, 6) is -5.03. The number of piperidine rings is 1. The van der Waals surface area contributed by atoms with Crippen molar-refractivity contribution in [3.05, 3.63) is 128 Å². The van der Waals surface area contributed by atoms with Gasteiger partial charge < -0.3 is 14.6 Å². The van der Waals surface area contributed by atoms with Crippen LogP contribution in [0.3, 0.4) is 0 Å². The van der Waals surface area contributed by atoms with Gasteiger partial charge in [0.2, 0.25) is 11.8 Å². The van der Waals surface area contributed by atoms with Gasteiger partial charge in [-0.25, -0.2) is 0 Å². The summed E-state index contributed by atoms with van der Waals surface area (Å²) in [6, 6.07) is 25.0. The molecule has 11 nitrogen and oxygen atoms in total. The molecule has 4 aromatic carbocycles. The van der Waals surface area contributed by atoms with Crippen molar-refractivity contribution >= 4 is 64.1 Å². The van der Waals surface area contributed by atoms with Crippen LogP contribution >= 0.6 is 34.8 Å². The molecule has 5 aliphatic rings. The van der Waals surface area contributed by atoms with Crippen molar-refractivity contribution in [2.45, 2.75) is 49.6 Å². The monoisotopic (exact) mass is 868 g/mol. The number of nitrogens with zero attached hydrogens (tertiary/aromatic N) is 3. The van der Waals surface area contributed by atoms with Gasteiger partial charge in [-0.15, -0.1) is 0 Å². The first-order chi connectivity index (χ1) is 29.0. The van der Waals surface area contributed by atoms with E-state index in [4.69, 9.17) is 44.3 Å². The molecule has 60 heavy (non-hydrogen) atoms. The zero-order valence-corrected chi connectivity index (χ0v) is 35.2. The van der Waals surface area contributed by atoms with Crippen molar-refractivity contribution < 1.29 is 33.8 Å². The normalized spacial score (nSPS) is 26.8. The van der Waals surface area contributed by atoms with E-state index in [0.29, 0.717) is 34.7 Å². The number of nitrogens with one attached hydrogen (secondary N) is 1. The van der Waals surface area contributed by atoms with Gasteiger partial charge >= 0.3 is 0 Å². The summed E-state index contributed by atoms with van der Waals surface area (Å²) < 4.78 is 11.1. The smallest absolute Gasteiger partial charge is 0.260 e. The maximum Gasteiger partial charge on any atom is 0.260 e. The topological polar surface area (TPSA) is 129 Å². The zero-order valence-electron chi connectivity index (χ0n) is 32.9. The second kappa shape index (κ2) is 15.8. The summed E-state index contributed by atoms with van der Waals surface area (Å²) in [5.41, 5.74) is 4.69. The quantitative estimate of drug-likeness (QED) is 0.127. The van der Waals surface area contributed by atoms with Crippen LogP contribution in [0.2, 0.25) is 15.1 Å². The molecule has 6 atom stereocenters. The van der Waals surface area contributed by atoms with E-state index in [1.165, 1.54) is 23.6 Å². The molecule has 0 spiro atoms. The molecule has 9 rings (SSSR count). The summed E-state index contributed by atoms with van der Waals surface area (Å²) in [7, 11) is 2.95. The Morgan fingerprint density at radius 1 is 0.817 bits per heavy atom. The van der Waals surface area contributed by atoms with Gasteiger partial charge in [-0.1, -0.05) is 88.9 Å². The molecule has 6 unspecified atom stereocenters. The fourth-order valence-electron chi connectivity index (χ4n) is 10.7. The van der Waals surface area contributed by atoms with Gasteiger partial charge in [-0.2, -0.15) is 5.01 Å². The lowest BCUT2D eigenvalue weighted by atomic mass is 9.49. The predicted molar refractivity (Wildman–Crippen MR) is 227 cm³/mol. The van der Waals surface area contributed by atoms with E-state index in [-0.39, 0.29) is 57.9 Å². The molecule has 3 heterocycles. The molecule has 4 amide bonds. The van der Waals surface area contributed by atoms with E-state index >= 15 is 9.59 Å². The number of amides is 4. The number of rotatable bonds is 9. The standard InChI is InChI=1S/C46H43Cl3N4O7/c1-59-30-11-8-27(9-12-30)46-34(43(56)53(45(46)58)50-37-15-10-28(47)22-35(37)48)23-33-31(40(46)26-20-36(49)41(54)38(21-26)60-2)13-14-32-39(33)44(57)52(42(32)55)29-16-18-51(19-17-29)24-25-6-4-3-5-7-25/h3-13,15,20-22,29,32-34,39-40,50,54H,14,16-19,23-24H2,1-2H3. The number of carbonyl (C=O) groups excluding carboxylic acids is 4. The predicted octanol–water partition coefficient (Wildman–Crippen LogP) is 8.02. The number of halogens is 3. The first-order valence-electron chi connectivity index (χ1n) is 20.1. The van der Waals surface area contributed by atoms with E-state index in [1.807, 2.05) is 24.3 Å². The first kappa shape index (κ1) is 40.3. The summed E-state index contributed by atoms with van der Waals surface area (Å²) in [4.78, 5) is 63.9. The van der Waals surface area contributed by atoms with Crippen LogP contribution < -0.4 is 14.9 Å². The Hall–Kier alpha value is -5.07. The Kier molecular flexibility index (Phi) is 10.6. The minimum atomic E-state index is -1.60. The highest BCUT2D eigenvalue weighted by atomic mass is 35.5. The van der Waals surface area contributed by atoms with Gasteiger partial charge in [0.25, 0.3) is 11.8 Å². The van der Waals surface area contributed by atoms with E-state index < -0.39 is 46.8 Å². The maximum absolute atomic E-state index is 15.6. The molecule has 0 aromatic heterocycles. The SMILES string of the molecule is COc1ccc(C23C(=O)N(Nc4ccc(Cl)cc4Cl)C(=O)C2CC2C(=CCC4C(=O)N(C5CCN(Cc6ccccc6)CC5)C(=O)C42)C3c2cc(Cl)c(O)c(OC)c2)cc1. The molecule has 2 aliphatic carbocycles. The fraction of sp³-hybridized carbons (Fsp3) is 0.348. The first-order valence-corrected chi connectivity index (χ1v) is 21.2. The zero-order chi connectivity index (χ0) is 42.0. The summed E-state index contributed by atoms with van der Waals surface area (Å²) in [6.45, 7) is 2.28. The lowest BCUT2D eigenvalue weighted by Crippen LogP contribution is -2.53. The van der Waals surface area contributed by atoms with Gasteiger partial charge in [0, 0.05) is 36.6 Å². The van der Waals surface area contributed by atoms with Crippen LogP contribution in [0, 0.1) is 23.7 Å². The van der Waals surface area contributed by atoms with Crippen molar-refractivity contribution in [2.24, 2.45) is 23.7 Å². The van der Waals surface area contributed by atoms with Gasteiger partial charge in [0.15, 0.2) is 11.5 Å². The van der Waals surface area contributed by atoms with Crippen molar-refractivity contribution in [1.29, 1.82) is 0 Å². The number of benzene rings is 4. The van der Waals surface area contributed by atoms with Gasteiger partial charge in [-0.05, 0) is 90.8 Å². The van der Waals surface area contributed by atoms with Crippen LogP contribution in [-0.2, 0) is 31.1 Å². The number of hydrogen-bond acceptors (Lipinski definition) is 9. The molecule has 1 saturated carbocycles. The van der Waals surface area contributed by atoms with Crippen LogP contribution in [-0.4, -0.2) is 76.9 Å². The average Bonchev–Trinajstić information content (AvgIpc) is 3.63. The number of likely N-dealkylation sites (tertiary alicyclic amines) is 2. The number of imide groups is 2. The summed E-state index contributed by atoms with van der Waals surface area (Å²) in [6.07, 6.45) is 3.70. The number of allylic oxidation sites excluding steroid dienone is 2. The summed E-state index contributed by atoms with van der Waals surface area (Å²) in [5, 5.41) is 12.5. The Morgan fingerprint density at radius 3 is 2.23 bits per heavy atom. The largest absolute Gasteiger partial charge is 0.503 e. The molecular formula is C46H43Cl3N4O7. The summed E-state index contributed by atoms with van der Waals surface area (Å²) >= 11 is 19.5. The Morgan fingerprint density at radius 2 is 1.55 bits per heavy atom. The molecule has 4 aromatic rings. The van der Waals surface area contributed by atoms with E-state index in [1.54, 1.807) is 55.6 Å². The van der Waals surface area contributed by atoms with Crippen LogP contribution in [0.5, 0.6) is 17.2 Å². The third kappa shape index (κ3) is 6.44.